The molecule has 0 atom stereocenters. The van der Waals surface area contributed by atoms with E-state index in [2.05, 4.69) is 21.3 Å². The lowest BCUT2D eigenvalue weighted by Gasteiger charge is -2.37. The van der Waals surface area contributed by atoms with Gasteiger partial charge in [0.15, 0.2) is 5.96 Å². The molecule has 0 radical (unpaired) electrons. The summed E-state index contributed by atoms with van der Waals surface area (Å²) in [5, 5.41) is 3.46. The van der Waals surface area contributed by atoms with Crippen molar-refractivity contribution < 1.29 is 18.3 Å². The molecule has 9 heteroatoms. The number of hydrogen-bond donors (Lipinski definition) is 1. The van der Waals surface area contributed by atoms with Crippen LogP contribution in [0.4, 0.5) is 8.78 Å². The van der Waals surface area contributed by atoms with Gasteiger partial charge in [-0.1, -0.05) is 12.1 Å². The first-order valence-electron chi connectivity index (χ1n) is 8.56. The summed E-state index contributed by atoms with van der Waals surface area (Å²) in [4.78, 5) is 6.37. The van der Waals surface area contributed by atoms with Crippen molar-refractivity contribution in [3.05, 3.63) is 29.8 Å². The van der Waals surface area contributed by atoms with E-state index in [1.807, 2.05) is 23.7 Å². The van der Waals surface area contributed by atoms with Gasteiger partial charge in [0.25, 0.3) is 0 Å². The Hall–Kier alpha value is -0.810. The lowest BCUT2D eigenvalue weighted by Crippen LogP contribution is -2.48. The number of aliphatic imine (C=N–C) groups is 1. The molecule has 2 rings (SSSR count). The van der Waals surface area contributed by atoms with Crippen molar-refractivity contribution in [3.63, 3.8) is 0 Å². The molecule has 1 N–H and O–H groups in total. The zero-order chi connectivity index (χ0) is 19.0. The first kappa shape index (κ1) is 24.2. The Morgan fingerprint density at radius 3 is 2.48 bits per heavy atom. The van der Waals surface area contributed by atoms with Gasteiger partial charge in [-0.15, -0.1) is 24.0 Å². The van der Waals surface area contributed by atoms with E-state index < -0.39 is 6.61 Å². The third kappa shape index (κ3) is 7.61. The van der Waals surface area contributed by atoms with E-state index >= 15 is 0 Å². The summed E-state index contributed by atoms with van der Waals surface area (Å²) < 4.78 is 34.5. The van der Waals surface area contributed by atoms with E-state index in [4.69, 9.17) is 4.74 Å². The van der Waals surface area contributed by atoms with Crippen LogP contribution in [0.3, 0.4) is 0 Å². The quantitative estimate of drug-likeness (QED) is 0.340. The highest BCUT2D eigenvalue weighted by Gasteiger charge is 2.32. The summed E-state index contributed by atoms with van der Waals surface area (Å²) in [5.74, 6) is 0.966. The van der Waals surface area contributed by atoms with Gasteiger partial charge in [0.2, 0.25) is 0 Å². The van der Waals surface area contributed by atoms with Gasteiger partial charge in [-0.3, -0.25) is 4.99 Å². The van der Waals surface area contributed by atoms with Gasteiger partial charge >= 0.3 is 6.61 Å². The van der Waals surface area contributed by atoms with Gasteiger partial charge < -0.3 is 19.7 Å². The molecule has 0 spiro atoms. The lowest BCUT2D eigenvalue weighted by atomic mass is 9.99. The second-order valence-electron chi connectivity index (χ2n) is 6.28. The fourth-order valence-corrected chi connectivity index (χ4v) is 3.74. The number of hydrogen-bond acceptors (Lipinski definition) is 4. The summed E-state index contributed by atoms with van der Waals surface area (Å²) >= 11 is 1.88. The highest BCUT2D eigenvalue weighted by molar-refractivity contribution is 14.0. The van der Waals surface area contributed by atoms with Crippen LogP contribution < -0.4 is 10.1 Å². The van der Waals surface area contributed by atoms with Crippen LogP contribution in [-0.4, -0.2) is 62.3 Å². The summed E-state index contributed by atoms with van der Waals surface area (Å²) in [5.41, 5.74) is 0.989. The second-order valence-corrected chi connectivity index (χ2v) is 7.55. The van der Waals surface area contributed by atoms with E-state index in [0.29, 0.717) is 6.54 Å². The molecule has 1 aromatic rings. The highest BCUT2D eigenvalue weighted by atomic mass is 127. The van der Waals surface area contributed by atoms with Crippen molar-refractivity contribution in [2.75, 3.05) is 40.1 Å². The topological polar surface area (TPSA) is 46.1 Å². The van der Waals surface area contributed by atoms with Crippen molar-refractivity contribution in [1.82, 2.24) is 10.2 Å². The van der Waals surface area contributed by atoms with Crippen molar-refractivity contribution in [2.45, 2.75) is 30.7 Å². The summed E-state index contributed by atoms with van der Waals surface area (Å²) in [6, 6.07) is 6.67. The molecule has 0 amide bonds. The summed E-state index contributed by atoms with van der Waals surface area (Å²) in [6.07, 6.45) is 4.18. The Balaban J connectivity index is 0.00000364. The first-order chi connectivity index (χ1) is 12.5. The maximum absolute atomic E-state index is 12.2. The average Bonchev–Trinajstić information content (AvgIpc) is 2.64. The molecule has 1 saturated heterocycles. The molecule has 1 aromatic carbocycles. The predicted molar refractivity (Wildman–Crippen MR) is 118 cm³/mol. The number of guanidine groups is 1. The minimum atomic E-state index is -2.81. The number of benzene rings is 1. The van der Waals surface area contributed by atoms with Crippen molar-refractivity contribution in [2.24, 2.45) is 4.99 Å². The number of alkyl halides is 2. The molecule has 27 heavy (non-hydrogen) atoms. The van der Waals surface area contributed by atoms with E-state index in [9.17, 15) is 8.78 Å². The molecule has 0 saturated carbocycles. The minimum absolute atomic E-state index is 0. The number of rotatable bonds is 7. The van der Waals surface area contributed by atoms with Gasteiger partial charge in [0.1, 0.15) is 5.75 Å². The molecule has 0 aromatic heterocycles. The SMILES string of the molecule is CN=C(NCC1(SC)CCOCC1)N(C)Cc1ccc(OC(F)F)cc1.I. The van der Waals surface area contributed by atoms with Crippen LogP contribution >= 0.6 is 35.7 Å². The standard InChI is InChI=1S/C18H27F2N3O2S.HI/c1-21-17(22-13-18(26-3)8-10-24-11-9-18)23(2)12-14-4-6-15(7-5-14)25-16(19)20;/h4-7,16H,8-13H2,1-3H3,(H,21,22);1H. The average molecular weight is 515 g/mol. The molecular formula is C18H28F2IN3O2S. The predicted octanol–water partition coefficient (Wildman–Crippen LogP) is 3.83. The molecule has 0 aliphatic carbocycles. The molecule has 154 valence electrons. The van der Waals surface area contributed by atoms with Crippen LogP contribution in [0, 0.1) is 0 Å². The molecule has 5 nitrogen and oxygen atoms in total. The molecule has 1 aliphatic rings. The van der Waals surface area contributed by atoms with Gasteiger partial charge in [-0.2, -0.15) is 20.5 Å². The zero-order valence-electron chi connectivity index (χ0n) is 15.9. The van der Waals surface area contributed by atoms with Crippen LogP contribution in [0.1, 0.15) is 18.4 Å². The molecule has 1 heterocycles. The van der Waals surface area contributed by atoms with Crippen LogP contribution in [0.2, 0.25) is 0 Å². The molecule has 1 fully saturated rings. The van der Waals surface area contributed by atoms with Crippen molar-refractivity contribution >= 4 is 41.7 Å². The molecule has 1 aliphatic heterocycles. The van der Waals surface area contributed by atoms with Gasteiger partial charge in [-0.25, -0.2) is 0 Å². The Kier molecular flexibility index (Phi) is 10.7. The molecule has 0 unspecified atom stereocenters. The number of thioether (sulfide) groups is 1. The third-order valence-corrected chi connectivity index (χ3v) is 5.97. The van der Waals surface area contributed by atoms with E-state index in [1.54, 1.807) is 31.3 Å². The Morgan fingerprint density at radius 1 is 1.33 bits per heavy atom. The Bertz CT molecular complexity index is 584. The van der Waals surface area contributed by atoms with Crippen LogP contribution in [0.15, 0.2) is 29.3 Å². The fourth-order valence-electron chi connectivity index (χ4n) is 2.95. The lowest BCUT2D eigenvalue weighted by molar-refractivity contribution is -0.0498. The first-order valence-corrected chi connectivity index (χ1v) is 9.79. The van der Waals surface area contributed by atoms with Crippen molar-refractivity contribution in [1.29, 1.82) is 0 Å². The summed E-state index contributed by atoms with van der Waals surface area (Å²) in [7, 11) is 3.71. The maximum atomic E-state index is 12.2. The van der Waals surface area contributed by atoms with Gasteiger partial charge in [0.05, 0.1) is 0 Å². The maximum Gasteiger partial charge on any atom is 0.387 e. The normalized spacial score (nSPS) is 16.6. The van der Waals surface area contributed by atoms with Gasteiger partial charge in [-0.05, 0) is 36.8 Å². The van der Waals surface area contributed by atoms with Crippen LogP contribution in [-0.2, 0) is 11.3 Å². The number of nitrogens with zero attached hydrogens (tertiary/aromatic N) is 2. The Labute approximate surface area is 181 Å². The number of nitrogens with one attached hydrogen (secondary N) is 1. The highest BCUT2D eigenvalue weighted by Crippen LogP contribution is 2.33. The monoisotopic (exact) mass is 515 g/mol. The van der Waals surface area contributed by atoms with E-state index in [0.717, 1.165) is 44.1 Å². The van der Waals surface area contributed by atoms with E-state index in [-0.39, 0.29) is 34.5 Å². The summed E-state index contributed by atoms with van der Waals surface area (Å²) in [6.45, 7) is 0.230. The van der Waals surface area contributed by atoms with Crippen molar-refractivity contribution in [3.8, 4) is 5.75 Å². The second kappa shape index (κ2) is 11.9. The van der Waals surface area contributed by atoms with E-state index in [1.165, 1.54) is 0 Å². The molecular weight excluding hydrogens is 487 g/mol. The largest absolute Gasteiger partial charge is 0.435 e. The van der Waals surface area contributed by atoms with Crippen LogP contribution in [0.25, 0.3) is 0 Å². The zero-order valence-corrected chi connectivity index (χ0v) is 19.1. The molecule has 0 bridgehead atoms. The Morgan fingerprint density at radius 2 is 1.96 bits per heavy atom. The van der Waals surface area contributed by atoms with Crippen LogP contribution in [0.5, 0.6) is 5.75 Å². The number of ether oxygens (including phenoxy) is 2. The fraction of sp³-hybridized carbons (Fsp3) is 0.611. The third-order valence-electron chi connectivity index (χ3n) is 4.55. The van der Waals surface area contributed by atoms with Gasteiger partial charge in [0, 0.05) is 45.1 Å². The minimum Gasteiger partial charge on any atom is -0.435 e. The number of halogens is 3. The smallest absolute Gasteiger partial charge is 0.387 e.